The molecule has 27 heavy (non-hydrogen) atoms. The quantitative estimate of drug-likeness (QED) is 0.752. The predicted molar refractivity (Wildman–Crippen MR) is 96.5 cm³/mol. The number of pyridine rings is 1. The zero-order chi connectivity index (χ0) is 19.4. The van der Waals surface area contributed by atoms with Crippen molar-refractivity contribution in [3.8, 4) is 0 Å². The Morgan fingerprint density at radius 1 is 1.15 bits per heavy atom. The number of nitrogens with one attached hydrogen (secondary N) is 1. The first kappa shape index (κ1) is 18.9. The molecule has 2 aromatic rings. The van der Waals surface area contributed by atoms with Gasteiger partial charge in [0, 0.05) is 17.6 Å². The van der Waals surface area contributed by atoms with Gasteiger partial charge in [-0.2, -0.15) is 13.2 Å². The molecule has 0 saturated carbocycles. The van der Waals surface area contributed by atoms with Gasteiger partial charge in [-0.15, -0.1) is 0 Å². The first-order valence-corrected chi connectivity index (χ1v) is 8.48. The SMILES string of the molecule is NCCCCc1cc2c(c(Nc3cccc(C(F)(F)F)c3)n1)C(=O)[N]C=C2. The number of carbonyl (C=O) groups excluding carboxylic acids is 1. The predicted octanol–water partition coefficient (Wildman–Crippen LogP) is 3.85. The maximum Gasteiger partial charge on any atom is 0.416 e. The van der Waals surface area contributed by atoms with Gasteiger partial charge >= 0.3 is 6.18 Å². The highest BCUT2D eigenvalue weighted by atomic mass is 19.4. The Morgan fingerprint density at radius 2 is 1.96 bits per heavy atom. The molecule has 0 aliphatic carbocycles. The molecule has 0 atom stereocenters. The van der Waals surface area contributed by atoms with Gasteiger partial charge in [-0.25, -0.2) is 10.3 Å². The zero-order valence-electron chi connectivity index (χ0n) is 14.4. The summed E-state index contributed by atoms with van der Waals surface area (Å²) in [7, 11) is 0. The topological polar surface area (TPSA) is 82.1 Å². The lowest BCUT2D eigenvalue weighted by Crippen LogP contribution is -2.19. The number of fused-ring (bicyclic) bond motifs is 1. The summed E-state index contributed by atoms with van der Waals surface area (Å²) in [5.74, 6) is -0.282. The van der Waals surface area contributed by atoms with Gasteiger partial charge in [0.2, 0.25) is 0 Å². The summed E-state index contributed by atoms with van der Waals surface area (Å²) in [6, 6.07) is 6.56. The van der Waals surface area contributed by atoms with Gasteiger partial charge in [0.15, 0.2) is 0 Å². The second kappa shape index (κ2) is 7.79. The summed E-state index contributed by atoms with van der Waals surface area (Å²) in [6.45, 7) is 0.567. The molecular formula is C19H18F3N4O. The van der Waals surface area contributed by atoms with E-state index in [4.69, 9.17) is 5.73 Å². The van der Waals surface area contributed by atoms with E-state index in [1.807, 2.05) is 0 Å². The van der Waals surface area contributed by atoms with Gasteiger partial charge in [0.05, 0.1) is 11.1 Å². The first-order valence-electron chi connectivity index (χ1n) is 8.48. The average molecular weight is 375 g/mol. The number of benzene rings is 1. The number of carbonyl (C=O) groups is 1. The monoisotopic (exact) mass is 375 g/mol. The summed E-state index contributed by atoms with van der Waals surface area (Å²) in [4.78, 5) is 16.6. The number of nitrogens with two attached hydrogens (primary N) is 1. The minimum atomic E-state index is -4.46. The van der Waals surface area contributed by atoms with Crippen LogP contribution >= 0.6 is 0 Å². The molecule has 2 heterocycles. The van der Waals surface area contributed by atoms with Crippen molar-refractivity contribution in [3.63, 3.8) is 0 Å². The molecule has 0 fully saturated rings. The smallest absolute Gasteiger partial charge is 0.340 e. The normalized spacial score (nSPS) is 13.3. The Kier molecular flexibility index (Phi) is 5.46. The fraction of sp³-hybridized carbons (Fsp3) is 0.263. The van der Waals surface area contributed by atoms with E-state index in [1.54, 1.807) is 12.1 Å². The van der Waals surface area contributed by atoms with Crippen LogP contribution in [0.15, 0.2) is 36.5 Å². The van der Waals surface area contributed by atoms with E-state index in [0.717, 1.165) is 30.7 Å². The Morgan fingerprint density at radius 3 is 2.70 bits per heavy atom. The number of aryl methyl sites for hydroxylation is 1. The lowest BCUT2D eigenvalue weighted by atomic mass is 10.0. The van der Waals surface area contributed by atoms with Crippen LogP contribution in [-0.2, 0) is 12.6 Å². The van der Waals surface area contributed by atoms with Crippen LogP contribution in [0.2, 0.25) is 0 Å². The zero-order valence-corrected chi connectivity index (χ0v) is 14.4. The van der Waals surface area contributed by atoms with Crippen molar-refractivity contribution in [1.29, 1.82) is 0 Å². The molecule has 1 aromatic heterocycles. The second-order valence-corrected chi connectivity index (χ2v) is 6.13. The lowest BCUT2D eigenvalue weighted by Gasteiger charge is -2.17. The molecule has 0 spiro atoms. The maximum atomic E-state index is 12.9. The van der Waals surface area contributed by atoms with Crippen molar-refractivity contribution in [2.45, 2.75) is 25.4 Å². The van der Waals surface area contributed by atoms with Gasteiger partial charge in [-0.3, -0.25) is 4.79 Å². The molecule has 1 amide bonds. The van der Waals surface area contributed by atoms with Crippen molar-refractivity contribution in [2.75, 3.05) is 11.9 Å². The van der Waals surface area contributed by atoms with Gasteiger partial charge < -0.3 is 11.1 Å². The van der Waals surface area contributed by atoms with Crippen LogP contribution in [0, 0.1) is 0 Å². The van der Waals surface area contributed by atoms with Gasteiger partial charge in [-0.1, -0.05) is 6.07 Å². The van der Waals surface area contributed by atoms with E-state index in [0.29, 0.717) is 18.5 Å². The summed E-state index contributed by atoms with van der Waals surface area (Å²) in [5.41, 5.74) is 6.55. The van der Waals surface area contributed by atoms with Crippen LogP contribution in [0.5, 0.6) is 0 Å². The van der Waals surface area contributed by atoms with Crippen molar-refractivity contribution in [2.24, 2.45) is 5.73 Å². The number of rotatable bonds is 6. The van der Waals surface area contributed by atoms with Gasteiger partial charge in [-0.05, 0) is 61.7 Å². The molecule has 3 N–H and O–H groups in total. The minimum Gasteiger partial charge on any atom is -0.340 e. The summed E-state index contributed by atoms with van der Waals surface area (Å²) < 4.78 is 38.8. The Bertz CT molecular complexity index is 878. The first-order chi connectivity index (χ1) is 12.9. The Hall–Kier alpha value is -2.87. The molecule has 1 aliphatic heterocycles. The highest BCUT2D eigenvalue weighted by molar-refractivity contribution is 6.05. The van der Waals surface area contributed by atoms with Crippen molar-refractivity contribution in [3.05, 3.63) is 58.9 Å². The fourth-order valence-corrected chi connectivity index (χ4v) is 2.81. The van der Waals surface area contributed by atoms with Crippen molar-refractivity contribution < 1.29 is 18.0 Å². The third-order valence-electron chi connectivity index (χ3n) is 4.10. The standard InChI is InChI=1S/C19H18F3N4O/c20-19(21,22)13-4-3-6-15(11-13)26-17-16-12(7-9-24-18(16)27)10-14(25-17)5-1-2-8-23/h3-4,6-7,9-11H,1-2,5,8,23H2,(H,25,26). The number of nitrogens with zero attached hydrogens (tertiary/aromatic N) is 2. The summed E-state index contributed by atoms with van der Waals surface area (Å²) in [6.07, 6.45) is 0.945. The molecule has 0 saturated heterocycles. The molecule has 3 rings (SSSR count). The number of aromatic nitrogens is 1. The van der Waals surface area contributed by atoms with E-state index in [9.17, 15) is 18.0 Å². The number of anilines is 2. The highest BCUT2D eigenvalue weighted by Gasteiger charge is 2.30. The maximum absolute atomic E-state index is 12.9. The summed E-state index contributed by atoms with van der Waals surface area (Å²) in [5, 5.41) is 6.59. The van der Waals surface area contributed by atoms with Crippen LogP contribution in [0.25, 0.3) is 6.08 Å². The molecule has 8 heteroatoms. The van der Waals surface area contributed by atoms with Crippen LogP contribution in [-0.4, -0.2) is 17.4 Å². The molecule has 0 unspecified atom stereocenters. The van der Waals surface area contributed by atoms with E-state index < -0.39 is 17.6 Å². The molecule has 141 valence electrons. The highest BCUT2D eigenvalue weighted by Crippen LogP contribution is 2.32. The molecule has 1 aromatic carbocycles. The molecule has 0 bridgehead atoms. The molecule has 1 aliphatic rings. The number of amides is 1. The van der Waals surface area contributed by atoms with E-state index >= 15 is 0 Å². The fourth-order valence-electron chi connectivity index (χ4n) is 2.81. The number of halogens is 3. The third kappa shape index (κ3) is 4.46. The Balaban J connectivity index is 1.97. The average Bonchev–Trinajstić information content (AvgIpc) is 2.61. The minimum absolute atomic E-state index is 0.195. The largest absolute Gasteiger partial charge is 0.416 e. The van der Waals surface area contributed by atoms with Crippen LogP contribution < -0.4 is 16.4 Å². The summed E-state index contributed by atoms with van der Waals surface area (Å²) >= 11 is 0. The molecular weight excluding hydrogens is 357 g/mol. The number of hydrogen-bond acceptors (Lipinski definition) is 4. The van der Waals surface area contributed by atoms with Crippen molar-refractivity contribution >= 4 is 23.5 Å². The number of unbranched alkanes of at least 4 members (excludes halogenated alkanes) is 1. The van der Waals surface area contributed by atoms with E-state index in [-0.39, 0.29) is 17.1 Å². The molecule has 5 nitrogen and oxygen atoms in total. The molecule has 1 radical (unpaired) electrons. The number of hydrogen-bond donors (Lipinski definition) is 2. The van der Waals surface area contributed by atoms with E-state index in [1.165, 1.54) is 18.3 Å². The van der Waals surface area contributed by atoms with E-state index in [2.05, 4.69) is 15.6 Å². The van der Waals surface area contributed by atoms with Crippen LogP contribution in [0.1, 0.15) is 40.0 Å². The Labute approximate surface area is 154 Å². The van der Waals surface area contributed by atoms with Gasteiger partial charge in [0.25, 0.3) is 5.91 Å². The third-order valence-corrected chi connectivity index (χ3v) is 4.10. The van der Waals surface area contributed by atoms with Crippen LogP contribution in [0.3, 0.4) is 0 Å². The van der Waals surface area contributed by atoms with Crippen LogP contribution in [0.4, 0.5) is 24.7 Å². The second-order valence-electron chi connectivity index (χ2n) is 6.13. The van der Waals surface area contributed by atoms with Crippen molar-refractivity contribution in [1.82, 2.24) is 10.3 Å². The van der Waals surface area contributed by atoms with Gasteiger partial charge in [0.1, 0.15) is 5.82 Å². The number of alkyl halides is 3. The lowest BCUT2D eigenvalue weighted by molar-refractivity contribution is -0.137.